The van der Waals surface area contributed by atoms with Gasteiger partial charge in [0.2, 0.25) is 0 Å². The lowest BCUT2D eigenvalue weighted by Gasteiger charge is -2.16. The predicted molar refractivity (Wildman–Crippen MR) is 78.1 cm³/mol. The van der Waals surface area contributed by atoms with Gasteiger partial charge in [-0.1, -0.05) is 6.07 Å². The molecule has 0 radical (unpaired) electrons. The Morgan fingerprint density at radius 3 is 2.75 bits per heavy atom. The van der Waals surface area contributed by atoms with Gasteiger partial charge < -0.3 is 14.4 Å². The van der Waals surface area contributed by atoms with Crippen LogP contribution in [0.25, 0.3) is 0 Å². The topological polar surface area (TPSA) is 55.8 Å². The van der Waals surface area contributed by atoms with Crippen LogP contribution in [0.4, 0.5) is 5.69 Å². The highest BCUT2D eigenvalue weighted by Gasteiger charge is 2.36. The van der Waals surface area contributed by atoms with Gasteiger partial charge in [0.1, 0.15) is 0 Å². The van der Waals surface area contributed by atoms with Crippen molar-refractivity contribution >= 4 is 33.3 Å². The van der Waals surface area contributed by atoms with Crippen molar-refractivity contribution in [1.82, 2.24) is 0 Å². The summed E-state index contributed by atoms with van der Waals surface area (Å²) in [7, 11) is 1.62. The predicted octanol–water partition coefficient (Wildman–Crippen LogP) is 2.03. The number of hydrogen-bond donors (Lipinski definition) is 0. The fraction of sp³-hybridized carbons (Fsp3) is 0.429. The van der Waals surface area contributed by atoms with E-state index in [1.165, 1.54) is 4.90 Å². The molecule has 1 aliphatic heterocycles. The van der Waals surface area contributed by atoms with Gasteiger partial charge in [0.15, 0.2) is 0 Å². The maximum atomic E-state index is 12.0. The summed E-state index contributed by atoms with van der Waals surface area (Å²) in [4.78, 5) is 25.4. The summed E-state index contributed by atoms with van der Waals surface area (Å²) in [5.74, 6) is -0.920. The van der Waals surface area contributed by atoms with Crippen molar-refractivity contribution in [1.29, 1.82) is 0 Å². The van der Waals surface area contributed by atoms with E-state index in [1.807, 2.05) is 6.07 Å². The van der Waals surface area contributed by atoms with E-state index in [2.05, 4.69) is 15.9 Å². The Morgan fingerprint density at radius 1 is 1.20 bits per heavy atom. The summed E-state index contributed by atoms with van der Waals surface area (Å²) in [5.41, 5.74) is 1.13. The summed E-state index contributed by atoms with van der Waals surface area (Å²) < 4.78 is 10.9. The van der Waals surface area contributed by atoms with E-state index in [0.717, 1.165) is 0 Å². The van der Waals surface area contributed by atoms with Crippen molar-refractivity contribution < 1.29 is 19.1 Å². The third-order valence-electron chi connectivity index (χ3n) is 3.05. The highest BCUT2D eigenvalue weighted by atomic mass is 79.9. The summed E-state index contributed by atoms with van der Waals surface area (Å²) >= 11 is 3.31. The second-order valence-corrected chi connectivity index (χ2v) is 5.23. The lowest BCUT2D eigenvalue weighted by atomic mass is 10.1. The van der Waals surface area contributed by atoms with Gasteiger partial charge in [-0.25, -0.2) is 0 Å². The number of ether oxygens (including phenoxy) is 2. The lowest BCUT2D eigenvalue weighted by molar-refractivity contribution is -0.114. The highest BCUT2D eigenvalue weighted by Crippen LogP contribution is 2.34. The molecule has 1 aromatic carbocycles. The van der Waals surface area contributed by atoms with Crippen molar-refractivity contribution in [3.8, 4) is 0 Å². The summed E-state index contributed by atoms with van der Waals surface area (Å²) in [6.07, 6.45) is 0.675. The molecule has 0 spiro atoms. The zero-order valence-electron chi connectivity index (χ0n) is 11.2. The molecule has 108 valence electrons. The van der Waals surface area contributed by atoms with Gasteiger partial charge in [-0.15, -0.1) is 0 Å². The minimum atomic E-state index is -0.469. The number of halogens is 1. The first-order chi connectivity index (χ1) is 9.66. The smallest absolute Gasteiger partial charge is 0.299 e. The van der Waals surface area contributed by atoms with Crippen LogP contribution in [-0.2, 0) is 14.3 Å². The van der Waals surface area contributed by atoms with Crippen molar-refractivity contribution in [3.05, 3.63) is 28.2 Å². The van der Waals surface area contributed by atoms with Gasteiger partial charge in [-0.05, 0) is 34.5 Å². The molecule has 1 aliphatic rings. The zero-order chi connectivity index (χ0) is 14.5. The first-order valence-electron chi connectivity index (χ1n) is 6.38. The number of carbonyl (C=O) groups is 2. The first-order valence-corrected chi connectivity index (χ1v) is 7.17. The molecule has 0 saturated heterocycles. The number of methoxy groups -OCH3 is 1. The van der Waals surface area contributed by atoms with Crippen molar-refractivity contribution in [3.63, 3.8) is 0 Å². The molecule has 0 atom stereocenters. The van der Waals surface area contributed by atoms with Crippen LogP contribution in [0.3, 0.4) is 0 Å². The Morgan fingerprint density at radius 2 is 2.00 bits per heavy atom. The SMILES string of the molecule is COCCOCCCN1C(=O)C(=O)c2c(Br)cccc21. The fourth-order valence-corrected chi connectivity index (χ4v) is 2.63. The minimum Gasteiger partial charge on any atom is -0.382 e. The Balaban J connectivity index is 1.95. The summed E-state index contributed by atoms with van der Waals surface area (Å²) in [5, 5.41) is 0. The Hall–Kier alpha value is -1.24. The minimum absolute atomic E-state index is 0.451. The van der Waals surface area contributed by atoms with E-state index >= 15 is 0 Å². The molecule has 0 fully saturated rings. The highest BCUT2D eigenvalue weighted by molar-refractivity contribution is 9.10. The number of nitrogens with zero attached hydrogens (tertiary/aromatic N) is 1. The number of anilines is 1. The number of benzene rings is 1. The third kappa shape index (κ3) is 3.08. The summed E-state index contributed by atoms with van der Waals surface area (Å²) in [6.45, 7) is 2.09. The van der Waals surface area contributed by atoms with E-state index in [4.69, 9.17) is 9.47 Å². The number of rotatable bonds is 7. The van der Waals surface area contributed by atoms with Gasteiger partial charge >= 0.3 is 0 Å². The Kier molecular flexibility index (Phi) is 5.28. The third-order valence-corrected chi connectivity index (χ3v) is 3.71. The fourth-order valence-electron chi connectivity index (χ4n) is 2.09. The standard InChI is InChI=1S/C14H16BrNO4/c1-19-8-9-20-7-3-6-16-11-5-2-4-10(15)12(11)13(17)14(16)18/h2,4-5H,3,6-9H2,1H3. The molecule has 0 aromatic heterocycles. The normalized spacial score (nSPS) is 14.0. The second kappa shape index (κ2) is 6.97. The van der Waals surface area contributed by atoms with Crippen LogP contribution in [0.2, 0.25) is 0 Å². The van der Waals surface area contributed by atoms with Crippen LogP contribution in [0.1, 0.15) is 16.8 Å². The van der Waals surface area contributed by atoms with Gasteiger partial charge in [0.05, 0.1) is 24.5 Å². The van der Waals surface area contributed by atoms with E-state index in [-0.39, 0.29) is 0 Å². The van der Waals surface area contributed by atoms with Gasteiger partial charge in [0, 0.05) is 24.7 Å². The van der Waals surface area contributed by atoms with Crippen LogP contribution in [-0.4, -0.2) is 45.2 Å². The van der Waals surface area contributed by atoms with Crippen LogP contribution in [0.15, 0.2) is 22.7 Å². The number of carbonyl (C=O) groups excluding carboxylic acids is 2. The number of ketones is 1. The van der Waals surface area contributed by atoms with E-state index in [9.17, 15) is 9.59 Å². The molecule has 20 heavy (non-hydrogen) atoms. The average Bonchev–Trinajstić information content (AvgIpc) is 2.68. The molecule has 1 aromatic rings. The molecule has 6 heteroatoms. The molecule has 2 rings (SSSR count). The summed E-state index contributed by atoms with van der Waals surface area (Å²) in [6, 6.07) is 5.37. The average molecular weight is 342 g/mol. The number of Topliss-reactive ketones (excluding diaryl/α,β-unsaturated/α-hetero) is 1. The van der Waals surface area contributed by atoms with Gasteiger partial charge in [-0.3, -0.25) is 9.59 Å². The number of fused-ring (bicyclic) bond motifs is 1. The molecule has 0 bridgehead atoms. The zero-order valence-corrected chi connectivity index (χ0v) is 12.8. The van der Waals surface area contributed by atoms with Gasteiger partial charge in [-0.2, -0.15) is 0 Å². The first kappa shape index (κ1) is 15.2. The van der Waals surface area contributed by atoms with Crippen LogP contribution in [0, 0.1) is 0 Å². The molecule has 1 amide bonds. The quantitative estimate of drug-likeness (QED) is 0.562. The molecule has 0 unspecified atom stereocenters. The maximum absolute atomic E-state index is 12.0. The number of amides is 1. The molecule has 0 N–H and O–H groups in total. The monoisotopic (exact) mass is 341 g/mol. The Bertz CT molecular complexity index is 518. The van der Waals surface area contributed by atoms with Crippen molar-refractivity contribution in [2.45, 2.75) is 6.42 Å². The second-order valence-electron chi connectivity index (χ2n) is 4.38. The van der Waals surface area contributed by atoms with Crippen LogP contribution < -0.4 is 4.90 Å². The van der Waals surface area contributed by atoms with Crippen LogP contribution >= 0.6 is 15.9 Å². The molecule has 0 aliphatic carbocycles. The van der Waals surface area contributed by atoms with Crippen molar-refractivity contribution in [2.75, 3.05) is 38.4 Å². The lowest BCUT2D eigenvalue weighted by Crippen LogP contribution is -2.31. The van der Waals surface area contributed by atoms with Crippen LogP contribution in [0.5, 0.6) is 0 Å². The largest absolute Gasteiger partial charge is 0.382 e. The van der Waals surface area contributed by atoms with E-state index < -0.39 is 11.7 Å². The molecular weight excluding hydrogens is 326 g/mol. The molecule has 0 saturated carbocycles. The van der Waals surface area contributed by atoms with E-state index in [1.54, 1.807) is 19.2 Å². The van der Waals surface area contributed by atoms with Crippen molar-refractivity contribution in [2.24, 2.45) is 0 Å². The Labute approximate surface area is 126 Å². The molecule has 1 heterocycles. The van der Waals surface area contributed by atoms with E-state index in [0.29, 0.717) is 48.5 Å². The molecule has 5 nitrogen and oxygen atoms in total. The maximum Gasteiger partial charge on any atom is 0.299 e. The number of hydrogen-bond acceptors (Lipinski definition) is 4. The molecular formula is C14H16BrNO4. The van der Waals surface area contributed by atoms with Gasteiger partial charge in [0.25, 0.3) is 11.7 Å².